The Bertz CT molecular complexity index is 722. The lowest BCUT2D eigenvalue weighted by molar-refractivity contribution is 0.0995. The predicted molar refractivity (Wildman–Crippen MR) is 96.9 cm³/mol. The number of rotatable bonds is 5. The maximum Gasteiger partial charge on any atom is 0.267 e. The summed E-state index contributed by atoms with van der Waals surface area (Å²) in [6.07, 6.45) is 3.39. The van der Waals surface area contributed by atoms with Crippen LogP contribution in [0.25, 0.3) is 0 Å². The zero-order valence-electron chi connectivity index (χ0n) is 14.7. The second-order valence-electron chi connectivity index (χ2n) is 6.65. The largest absolute Gasteiger partial charge is 0.490 e. The molecule has 0 atom stereocenters. The van der Waals surface area contributed by atoms with Gasteiger partial charge in [0.25, 0.3) is 5.91 Å². The molecule has 1 amide bonds. The Morgan fingerprint density at radius 2 is 1.88 bits per heavy atom. The van der Waals surface area contributed by atoms with E-state index in [1.165, 1.54) is 11.9 Å². The van der Waals surface area contributed by atoms with E-state index in [1.807, 2.05) is 12.1 Å². The van der Waals surface area contributed by atoms with E-state index < -0.39 is 5.91 Å². The molecule has 1 aliphatic rings. The first-order valence-corrected chi connectivity index (χ1v) is 8.66. The molecule has 1 fully saturated rings. The predicted octanol–water partition coefficient (Wildman–Crippen LogP) is 2.75. The van der Waals surface area contributed by atoms with Crippen molar-refractivity contribution >= 4 is 11.7 Å². The summed E-state index contributed by atoms with van der Waals surface area (Å²) in [5.74, 6) is 1.64. The molecule has 6 heteroatoms. The van der Waals surface area contributed by atoms with E-state index in [2.05, 4.69) is 40.8 Å². The van der Waals surface area contributed by atoms with Crippen molar-refractivity contribution in [2.75, 3.05) is 18.0 Å². The van der Waals surface area contributed by atoms with Crippen LogP contribution in [0.3, 0.4) is 0 Å². The fraction of sp³-hybridized carbons (Fsp3) is 0.421. The number of primary amides is 1. The van der Waals surface area contributed by atoms with Gasteiger partial charge in [-0.3, -0.25) is 4.79 Å². The molecule has 0 radical (unpaired) electrons. The minimum Gasteiger partial charge on any atom is -0.490 e. The number of nitrogens with two attached hydrogens (primary N) is 1. The molecule has 1 aromatic heterocycles. The third-order valence-electron chi connectivity index (χ3n) is 4.52. The van der Waals surface area contributed by atoms with E-state index >= 15 is 0 Å². The Labute approximate surface area is 148 Å². The average Bonchev–Trinajstić information content (AvgIpc) is 2.63. The van der Waals surface area contributed by atoms with E-state index in [0.717, 1.165) is 37.5 Å². The quantitative estimate of drug-likeness (QED) is 0.905. The van der Waals surface area contributed by atoms with E-state index in [-0.39, 0.29) is 11.8 Å². The van der Waals surface area contributed by atoms with Gasteiger partial charge in [0.1, 0.15) is 29.7 Å². The smallest absolute Gasteiger partial charge is 0.267 e. The summed E-state index contributed by atoms with van der Waals surface area (Å²) in [4.78, 5) is 21.5. The number of ether oxygens (including phenoxy) is 1. The molecule has 0 spiro atoms. The van der Waals surface area contributed by atoms with Crippen LogP contribution in [0.2, 0.25) is 0 Å². The van der Waals surface area contributed by atoms with Crippen molar-refractivity contribution in [1.82, 2.24) is 9.97 Å². The van der Waals surface area contributed by atoms with Crippen molar-refractivity contribution in [2.24, 2.45) is 5.73 Å². The summed E-state index contributed by atoms with van der Waals surface area (Å²) >= 11 is 0. The van der Waals surface area contributed by atoms with Gasteiger partial charge in [0.05, 0.1) is 0 Å². The number of anilines is 1. The van der Waals surface area contributed by atoms with E-state index in [4.69, 9.17) is 10.5 Å². The number of piperidine rings is 1. The standard InChI is InChI=1S/C19H24N4O2/c1-13(2)14-3-5-15(6-4-14)25-16-7-9-23(10-8-16)18-11-17(19(20)24)21-12-22-18/h3-6,11-13,16H,7-10H2,1-2H3,(H2,20,24). The van der Waals surface area contributed by atoms with Crippen LogP contribution in [0, 0.1) is 0 Å². The summed E-state index contributed by atoms with van der Waals surface area (Å²) < 4.78 is 6.10. The van der Waals surface area contributed by atoms with Crippen molar-refractivity contribution in [3.63, 3.8) is 0 Å². The fourth-order valence-electron chi connectivity index (χ4n) is 2.98. The van der Waals surface area contributed by atoms with Crippen molar-refractivity contribution in [1.29, 1.82) is 0 Å². The highest BCUT2D eigenvalue weighted by molar-refractivity contribution is 5.91. The molecule has 0 saturated carbocycles. The van der Waals surface area contributed by atoms with Crippen LogP contribution in [-0.4, -0.2) is 35.1 Å². The minimum absolute atomic E-state index is 0.193. The van der Waals surface area contributed by atoms with Gasteiger partial charge in [-0.25, -0.2) is 9.97 Å². The van der Waals surface area contributed by atoms with E-state index in [0.29, 0.717) is 5.92 Å². The summed E-state index contributed by atoms with van der Waals surface area (Å²) in [6, 6.07) is 9.99. The average molecular weight is 340 g/mol. The first-order chi connectivity index (χ1) is 12.0. The molecule has 132 valence electrons. The molecule has 2 N–H and O–H groups in total. The third kappa shape index (κ3) is 4.26. The molecule has 2 heterocycles. The van der Waals surface area contributed by atoms with Gasteiger partial charge in [-0.2, -0.15) is 0 Å². The van der Waals surface area contributed by atoms with Crippen molar-refractivity contribution in [2.45, 2.75) is 38.7 Å². The highest BCUT2D eigenvalue weighted by atomic mass is 16.5. The van der Waals surface area contributed by atoms with Gasteiger partial charge < -0.3 is 15.4 Å². The van der Waals surface area contributed by atoms with Gasteiger partial charge in [0, 0.05) is 32.0 Å². The van der Waals surface area contributed by atoms with Crippen LogP contribution < -0.4 is 15.4 Å². The summed E-state index contributed by atoms with van der Waals surface area (Å²) in [5, 5.41) is 0. The first kappa shape index (κ1) is 17.2. The highest BCUT2D eigenvalue weighted by Crippen LogP contribution is 2.24. The Morgan fingerprint density at radius 3 is 2.48 bits per heavy atom. The molecule has 1 aromatic carbocycles. The van der Waals surface area contributed by atoms with Crippen molar-refractivity contribution in [3.8, 4) is 5.75 Å². The third-order valence-corrected chi connectivity index (χ3v) is 4.52. The number of hydrogen-bond acceptors (Lipinski definition) is 5. The summed E-state index contributed by atoms with van der Waals surface area (Å²) in [5.41, 5.74) is 6.84. The van der Waals surface area contributed by atoms with Crippen LogP contribution in [0.4, 0.5) is 5.82 Å². The Balaban J connectivity index is 1.56. The van der Waals surface area contributed by atoms with Gasteiger partial charge in [0.2, 0.25) is 0 Å². The summed E-state index contributed by atoms with van der Waals surface area (Å²) in [6.45, 7) is 6.01. The number of benzene rings is 1. The summed E-state index contributed by atoms with van der Waals surface area (Å²) in [7, 11) is 0. The fourth-order valence-corrected chi connectivity index (χ4v) is 2.98. The molecule has 1 saturated heterocycles. The maximum absolute atomic E-state index is 11.3. The molecule has 6 nitrogen and oxygen atoms in total. The second-order valence-corrected chi connectivity index (χ2v) is 6.65. The normalized spacial score (nSPS) is 15.4. The van der Waals surface area contributed by atoms with Gasteiger partial charge in [0.15, 0.2) is 0 Å². The molecule has 2 aromatic rings. The van der Waals surface area contributed by atoms with Crippen LogP contribution in [0.5, 0.6) is 5.75 Å². The zero-order valence-corrected chi connectivity index (χ0v) is 14.7. The minimum atomic E-state index is -0.535. The number of carbonyl (C=O) groups is 1. The lowest BCUT2D eigenvalue weighted by Crippen LogP contribution is -2.38. The van der Waals surface area contributed by atoms with Gasteiger partial charge >= 0.3 is 0 Å². The zero-order chi connectivity index (χ0) is 17.8. The lowest BCUT2D eigenvalue weighted by atomic mass is 10.0. The van der Waals surface area contributed by atoms with Crippen molar-refractivity contribution in [3.05, 3.63) is 47.9 Å². The van der Waals surface area contributed by atoms with Gasteiger partial charge in [-0.05, 0) is 23.6 Å². The Morgan fingerprint density at radius 1 is 1.20 bits per heavy atom. The number of aromatic nitrogens is 2. The molecule has 0 aliphatic carbocycles. The number of amides is 1. The SMILES string of the molecule is CC(C)c1ccc(OC2CCN(c3cc(C(N)=O)ncn3)CC2)cc1. The van der Waals surface area contributed by atoms with Crippen LogP contribution in [0.15, 0.2) is 36.7 Å². The van der Waals surface area contributed by atoms with Gasteiger partial charge in [-0.15, -0.1) is 0 Å². The maximum atomic E-state index is 11.3. The first-order valence-electron chi connectivity index (χ1n) is 8.66. The second kappa shape index (κ2) is 7.51. The number of hydrogen-bond donors (Lipinski definition) is 1. The molecule has 1 aliphatic heterocycles. The topological polar surface area (TPSA) is 81.3 Å². The number of carbonyl (C=O) groups excluding carboxylic acids is 1. The lowest BCUT2D eigenvalue weighted by Gasteiger charge is -2.33. The molecular weight excluding hydrogens is 316 g/mol. The van der Waals surface area contributed by atoms with Crippen molar-refractivity contribution < 1.29 is 9.53 Å². The molecule has 3 rings (SSSR count). The van der Waals surface area contributed by atoms with E-state index in [1.54, 1.807) is 6.07 Å². The Kier molecular flexibility index (Phi) is 5.16. The van der Waals surface area contributed by atoms with Crippen LogP contribution >= 0.6 is 0 Å². The van der Waals surface area contributed by atoms with Gasteiger partial charge in [-0.1, -0.05) is 26.0 Å². The Hall–Kier alpha value is -2.63. The molecular formula is C19H24N4O2. The molecule has 25 heavy (non-hydrogen) atoms. The molecule has 0 bridgehead atoms. The number of nitrogens with zero attached hydrogens (tertiary/aromatic N) is 3. The van der Waals surface area contributed by atoms with Crippen LogP contribution in [-0.2, 0) is 0 Å². The monoisotopic (exact) mass is 340 g/mol. The van der Waals surface area contributed by atoms with E-state index in [9.17, 15) is 4.79 Å². The highest BCUT2D eigenvalue weighted by Gasteiger charge is 2.22. The van der Waals surface area contributed by atoms with Crippen LogP contribution in [0.1, 0.15) is 48.7 Å². The molecule has 0 unspecified atom stereocenters.